The molecule has 0 aromatic heterocycles. The molecular weight excluding hydrogens is 399 g/mol. The van der Waals surface area contributed by atoms with E-state index in [2.05, 4.69) is 29.1 Å². The zero-order valence-electron chi connectivity index (χ0n) is 15.1. The van der Waals surface area contributed by atoms with Crippen molar-refractivity contribution in [1.29, 1.82) is 0 Å². The number of piperidine rings is 1. The molecule has 0 spiro atoms. The van der Waals surface area contributed by atoms with Crippen molar-refractivity contribution in [2.75, 3.05) is 26.2 Å². The van der Waals surface area contributed by atoms with Gasteiger partial charge in [-0.3, -0.25) is 4.99 Å². The highest BCUT2D eigenvalue weighted by atomic mass is 127. The molecule has 5 heteroatoms. The molecule has 0 amide bonds. The van der Waals surface area contributed by atoms with Gasteiger partial charge in [0.25, 0.3) is 0 Å². The largest absolute Gasteiger partial charge is 0.370 e. The number of hydrogen-bond acceptors (Lipinski definition) is 2. The molecule has 1 aliphatic heterocycles. The van der Waals surface area contributed by atoms with Crippen molar-refractivity contribution in [3.8, 4) is 0 Å². The Bertz CT molecular complexity index is 338. The van der Waals surface area contributed by atoms with E-state index < -0.39 is 0 Å². The average molecular weight is 436 g/mol. The zero-order valence-corrected chi connectivity index (χ0v) is 17.4. The standard InChI is InChI=1S/C18H36N4.HI/c1-15(2)13-22-11-7-8-16(14-22)12-20-18(19)21-17-9-5-3-4-6-10-17;/h15-17H,3-14H2,1-2H3,(H3,19,20,21);1H. The second kappa shape index (κ2) is 11.5. The van der Waals surface area contributed by atoms with Crippen LogP contribution in [0.15, 0.2) is 4.99 Å². The monoisotopic (exact) mass is 436 g/mol. The van der Waals surface area contributed by atoms with Gasteiger partial charge in [-0.15, -0.1) is 24.0 Å². The van der Waals surface area contributed by atoms with E-state index in [1.807, 2.05) is 0 Å². The first-order valence-corrected chi connectivity index (χ1v) is 9.42. The van der Waals surface area contributed by atoms with Gasteiger partial charge in [-0.1, -0.05) is 39.5 Å². The summed E-state index contributed by atoms with van der Waals surface area (Å²) in [5, 5.41) is 3.46. The van der Waals surface area contributed by atoms with E-state index in [-0.39, 0.29) is 24.0 Å². The summed E-state index contributed by atoms with van der Waals surface area (Å²) in [6, 6.07) is 0.551. The van der Waals surface area contributed by atoms with E-state index in [4.69, 9.17) is 5.73 Å². The molecule has 1 aliphatic carbocycles. The Morgan fingerprint density at radius 3 is 2.48 bits per heavy atom. The number of rotatable bonds is 5. The number of nitrogens with two attached hydrogens (primary N) is 1. The molecule has 2 rings (SSSR count). The van der Waals surface area contributed by atoms with Gasteiger partial charge in [0.15, 0.2) is 5.96 Å². The summed E-state index contributed by atoms with van der Waals surface area (Å²) >= 11 is 0. The summed E-state index contributed by atoms with van der Waals surface area (Å²) in [4.78, 5) is 7.24. The lowest BCUT2D eigenvalue weighted by Crippen LogP contribution is -2.41. The van der Waals surface area contributed by atoms with Gasteiger partial charge >= 0.3 is 0 Å². The van der Waals surface area contributed by atoms with Crippen LogP contribution in [0.4, 0.5) is 0 Å². The van der Waals surface area contributed by atoms with E-state index in [1.165, 1.54) is 71.0 Å². The smallest absolute Gasteiger partial charge is 0.188 e. The van der Waals surface area contributed by atoms with Crippen molar-refractivity contribution in [2.24, 2.45) is 22.6 Å². The van der Waals surface area contributed by atoms with Gasteiger partial charge in [-0.25, -0.2) is 0 Å². The predicted molar refractivity (Wildman–Crippen MR) is 111 cm³/mol. The van der Waals surface area contributed by atoms with Crippen LogP contribution in [0.3, 0.4) is 0 Å². The van der Waals surface area contributed by atoms with Gasteiger partial charge in [0, 0.05) is 25.7 Å². The third kappa shape index (κ3) is 8.57. The van der Waals surface area contributed by atoms with Gasteiger partial charge < -0.3 is 16.0 Å². The number of nitrogens with one attached hydrogen (secondary N) is 1. The number of nitrogens with zero attached hydrogens (tertiary/aromatic N) is 2. The van der Waals surface area contributed by atoms with Crippen LogP contribution >= 0.6 is 24.0 Å². The van der Waals surface area contributed by atoms with Gasteiger partial charge in [-0.2, -0.15) is 0 Å². The Morgan fingerprint density at radius 2 is 1.83 bits per heavy atom. The Labute approximate surface area is 160 Å². The maximum absolute atomic E-state index is 6.11. The Morgan fingerprint density at radius 1 is 1.13 bits per heavy atom. The summed E-state index contributed by atoms with van der Waals surface area (Å²) in [5.74, 6) is 2.11. The lowest BCUT2D eigenvalue weighted by atomic mass is 9.97. The second-order valence-electron chi connectivity index (χ2n) is 7.72. The lowest BCUT2D eigenvalue weighted by molar-refractivity contribution is 0.162. The van der Waals surface area contributed by atoms with Gasteiger partial charge in [-0.05, 0) is 44.1 Å². The van der Waals surface area contributed by atoms with Crippen LogP contribution in [0.25, 0.3) is 0 Å². The van der Waals surface area contributed by atoms with Crippen molar-refractivity contribution in [1.82, 2.24) is 10.2 Å². The Balaban J connectivity index is 0.00000264. The van der Waals surface area contributed by atoms with E-state index >= 15 is 0 Å². The molecule has 1 atom stereocenters. The Kier molecular flexibility index (Phi) is 10.5. The van der Waals surface area contributed by atoms with Crippen LogP contribution in [-0.4, -0.2) is 43.1 Å². The highest BCUT2D eigenvalue weighted by molar-refractivity contribution is 14.0. The van der Waals surface area contributed by atoms with Crippen LogP contribution in [0.2, 0.25) is 0 Å². The number of aliphatic imine (C=N–C) groups is 1. The molecule has 0 aromatic carbocycles. The SMILES string of the molecule is CC(C)CN1CCCC(CN=C(N)NC2CCCCCC2)C1.I. The molecule has 0 bridgehead atoms. The first-order valence-electron chi connectivity index (χ1n) is 9.42. The minimum atomic E-state index is 0. The highest BCUT2D eigenvalue weighted by Gasteiger charge is 2.20. The molecule has 1 unspecified atom stereocenters. The fourth-order valence-corrected chi connectivity index (χ4v) is 3.89. The normalized spacial score (nSPS) is 25.0. The number of halogens is 1. The van der Waals surface area contributed by atoms with Gasteiger partial charge in [0.2, 0.25) is 0 Å². The van der Waals surface area contributed by atoms with E-state index in [0.29, 0.717) is 17.9 Å². The fourth-order valence-electron chi connectivity index (χ4n) is 3.89. The molecule has 2 aliphatic rings. The van der Waals surface area contributed by atoms with E-state index in [1.54, 1.807) is 0 Å². The van der Waals surface area contributed by atoms with Crippen molar-refractivity contribution in [3.63, 3.8) is 0 Å². The molecule has 23 heavy (non-hydrogen) atoms. The highest BCUT2D eigenvalue weighted by Crippen LogP contribution is 2.18. The summed E-state index contributed by atoms with van der Waals surface area (Å²) in [6.45, 7) is 9.16. The summed E-state index contributed by atoms with van der Waals surface area (Å²) in [6.07, 6.45) is 10.5. The maximum atomic E-state index is 6.11. The van der Waals surface area contributed by atoms with Gasteiger partial charge in [0.1, 0.15) is 0 Å². The lowest BCUT2D eigenvalue weighted by Gasteiger charge is -2.33. The third-order valence-electron chi connectivity index (χ3n) is 4.95. The number of likely N-dealkylation sites (tertiary alicyclic amines) is 1. The van der Waals surface area contributed by atoms with Crippen molar-refractivity contribution >= 4 is 29.9 Å². The summed E-state index contributed by atoms with van der Waals surface area (Å²) in [5.41, 5.74) is 6.11. The van der Waals surface area contributed by atoms with Crippen LogP contribution in [0.1, 0.15) is 65.2 Å². The minimum Gasteiger partial charge on any atom is -0.370 e. The molecule has 2 fully saturated rings. The summed E-state index contributed by atoms with van der Waals surface area (Å²) < 4.78 is 0. The minimum absolute atomic E-state index is 0. The van der Waals surface area contributed by atoms with Crippen molar-refractivity contribution < 1.29 is 0 Å². The Hall–Kier alpha value is -0.0400. The van der Waals surface area contributed by atoms with Crippen LogP contribution in [0, 0.1) is 11.8 Å². The zero-order chi connectivity index (χ0) is 15.8. The topological polar surface area (TPSA) is 53.6 Å². The van der Waals surface area contributed by atoms with Gasteiger partial charge in [0.05, 0.1) is 0 Å². The van der Waals surface area contributed by atoms with Crippen LogP contribution in [0.5, 0.6) is 0 Å². The van der Waals surface area contributed by atoms with Crippen LogP contribution < -0.4 is 11.1 Å². The maximum Gasteiger partial charge on any atom is 0.188 e. The molecular formula is C18H37IN4. The molecule has 1 saturated heterocycles. The van der Waals surface area contributed by atoms with Crippen molar-refractivity contribution in [3.05, 3.63) is 0 Å². The first-order chi connectivity index (χ1) is 10.6. The molecule has 3 N–H and O–H groups in total. The molecule has 136 valence electrons. The molecule has 0 radical (unpaired) electrons. The van der Waals surface area contributed by atoms with E-state index in [9.17, 15) is 0 Å². The fraction of sp³-hybridized carbons (Fsp3) is 0.944. The molecule has 0 aromatic rings. The van der Waals surface area contributed by atoms with Crippen molar-refractivity contribution in [2.45, 2.75) is 71.3 Å². The number of hydrogen-bond donors (Lipinski definition) is 2. The average Bonchev–Trinajstić information content (AvgIpc) is 2.73. The third-order valence-corrected chi connectivity index (χ3v) is 4.95. The quantitative estimate of drug-likeness (QED) is 0.300. The first kappa shape index (κ1) is 21.0. The molecule has 1 saturated carbocycles. The summed E-state index contributed by atoms with van der Waals surface area (Å²) in [7, 11) is 0. The molecule has 1 heterocycles. The van der Waals surface area contributed by atoms with E-state index in [0.717, 1.165) is 12.5 Å². The van der Waals surface area contributed by atoms with Crippen LogP contribution in [-0.2, 0) is 0 Å². The second-order valence-corrected chi connectivity index (χ2v) is 7.72. The predicted octanol–water partition coefficient (Wildman–Crippen LogP) is 3.60. The molecule has 4 nitrogen and oxygen atoms in total. The number of guanidine groups is 1.